The lowest BCUT2D eigenvalue weighted by Gasteiger charge is -2.07. The first-order valence-electron chi connectivity index (χ1n) is 5.29. The van der Waals surface area contributed by atoms with Crippen LogP contribution >= 0.6 is 39.7 Å². The molecular weight excluding hydrogens is 322 g/mol. The highest BCUT2D eigenvalue weighted by Crippen LogP contribution is 2.40. The van der Waals surface area contributed by atoms with Crippen LogP contribution in [-0.4, -0.2) is 14.8 Å². The molecule has 0 spiro atoms. The number of nitrogens with zero attached hydrogens (tertiary/aromatic N) is 2. The van der Waals surface area contributed by atoms with E-state index in [4.69, 9.17) is 23.8 Å². The smallest absolute Gasteiger partial charge is 0.199 e. The maximum absolute atomic E-state index is 5.99. The largest absolute Gasteiger partial charge is 0.272 e. The maximum Gasteiger partial charge on any atom is 0.199 e. The molecule has 1 aliphatic rings. The molecule has 1 aliphatic carbocycles. The van der Waals surface area contributed by atoms with Gasteiger partial charge < -0.3 is 0 Å². The van der Waals surface area contributed by atoms with E-state index in [1.54, 1.807) is 0 Å². The van der Waals surface area contributed by atoms with Gasteiger partial charge in [-0.2, -0.15) is 5.10 Å². The van der Waals surface area contributed by atoms with Crippen molar-refractivity contribution >= 4 is 39.7 Å². The molecule has 1 aromatic carbocycles. The number of hydrogen-bond donors (Lipinski definition) is 1. The molecule has 1 heterocycles. The minimum Gasteiger partial charge on any atom is -0.272 e. The van der Waals surface area contributed by atoms with Crippen LogP contribution < -0.4 is 0 Å². The molecule has 1 aromatic heterocycles. The van der Waals surface area contributed by atoms with E-state index in [1.165, 1.54) is 12.8 Å². The first kappa shape index (κ1) is 11.4. The molecule has 2 aromatic rings. The summed E-state index contributed by atoms with van der Waals surface area (Å²) in [5.41, 5.74) is 0.988. The second kappa shape index (κ2) is 4.23. The van der Waals surface area contributed by atoms with Crippen LogP contribution in [-0.2, 0) is 0 Å². The minimum absolute atomic E-state index is 0.539. The molecule has 6 heteroatoms. The quantitative estimate of drug-likeness (QED) is 0.836. The first-order chi connectivity index (χ1) is 8.16. The van der Waals surface area contributed by atoms with Gasteiger partial charge in [-0.3, -0.25) is 9.67 Å². The Kier molecular flexibility index (Phi) is 2.84. The normalized spacial score (nSPS) is 15.2. The second-order valence-corrected chi connectivity index (χ2v) is 5.74. The Balaban J connectivity index is 2.17. The molecule has 0 unspecified atom stereocenters. The van der Waals surface area contributed by atoms with Crippen LogP contribution in [0.3, 0.4) is 0 Å². The summed E-state index contributed by atoms with van der Waals surface area (Å²) in [4.78, 5) is 0. The Morgan fingerprint density at radius 3 is 2.88 bits per heavy atom. The number of nitrogens with one attached hydrogen (secondary N) is 1. The number of halogens is 2. The molecule has 17 heavy (non-hydrogen) atoms. The maximum atomic E-state index is 5.99. The highest BCUT2D eigenvalue weighted by molar-refractivity contribution is 9.10. The Bertz CT molecular complexity index is 630. The Morgan fingerprint density at radius 1 is 1.47 bits per heavy atom. The predicted molar refractivity (Wildman–Crippen MR) is 73.4 cm³/mol. The minimum atomic E-state index is 0.539. The fourth-order valence-electron chi connectivity index (χ4n) is 1.80. The van der Waals surface area contributed by atoms with Crippen LogP contribution in [0.2, 0.25) is 5.02 Å². The van der Waals surface area contributed by atoms with Gasteiger partial charge in [0.15, 0.2) is 4.77 Å². The van der Waals surface area contributed by atoms with Crippen molar-refractivity contribution < 1.29 is 0 Å². The van der Waals surface area contributed by atoms with Crippen LogP contribution in [0.4, 0.5) is 0 Å². The van der Waals surface area contributed by atoms with Crippen molar-refractivity contribution in [2.24, 2.45) is 0 Å². The van der Waals surface area contributed by atoms with Crippen molar-refractivity contribution in [2.75, 3.05) is 0 Å². The average molecular weight is 331 g/mol. The van der Waals surface area contributed by atoms with E-state index >= 15 is 0 Å². The van der Waals surface area contributed by atoms with E-state index in [0.717, 1.165) is 16.0 Å². The lowest BCUT2D eigenvalue weighted by molar-refractivity contribution is 0.868. The standard InChI is InChI=1S/C11H9BrClN3S/c12-8-5-7(3-4-9(8)13)16-10(6-1-2-6)14-15-11(16)17/h3-6H,1-2H2,(H,15,17). The summed E-state index contributed by atoms with van der Waals surface area (Å²) in [6.07, 6.45) is 2.38. The SMILES string of the molecule is S=c1[nH]nc(C2CC2)n1-c1ccc(Cl)c(Br)c1. The Hall–Kier alpha value is -0.650. The molecule has 3 rings (SSSR count). The van der Waals surface area contributed by atoms with Crippen LogP contribution in [0.5, 0.6) is 0 Å². The third kappa shape index (κ3) is 2.07. The monoisotopic (exact) mass is 329 g/mol. The van der Waals surface area contributed by atoms with E-state index in [-0.39, 0.29) is 0 Å². The number of H-pyrrole nitrogens is 1. The summed E-state index contributed by atoms with van der Waals surface area (Å²) in [7, 11) is 0. The van der Waals surface area contributed by atoms with Crippen molar-refractivity contribution in [1.82, 2.24) is 14.8 Å². The molecule has 1 fully saturated rings. The van der Waals surface area contributed by atoms with Crippen molar-refractivity contribution in [3.8, 4) is 5.69 Å². The van der Waals surface area contributed by atoms with E-state index < -0.39 is 0 Å². The number of rotatable bonds is 2. The van der Waals surface area contributed by atoms with Gasteiger partial charge in [-0.1, -0.05) is 11.6 Å². The lowest BCUT2D eigenvalue weighted by Crippen LogP contribution is -2.00. The van der Waals surface area contributed by atoms with Crippen LogP contribution in [0.15, 0.2) is 22.7 Å². The topological polar surface area (TPSA) is 33.6 Å². The number of aromatic nitrogens is 3. The molecule has 0 amide bonds. The van der Waals surface area contributed by atoms with E-state index in [9.17, 15) is 0 Å². The predicted octanol–water partition coefficient (Wildman–Crippen LogP) is 4.22. The van der Waals surface area contributed by atoms with Crippen molar-refractivity contribution in [1.29, 1.82) is 0 Å². The summed E-state index contributed by atoms with van der Waals surface area (Å²) >= 11 is 14.7. The molecule has 3 nitrogen and oxygen atoms in total. The molecule has 0 bridgehead atoms. The molecule has 88 valence electrons. The van der Waals surface area contributed by atoms with Gasteiger partial charge in [0.05, 0.1) is 10.7 Å². The summed E-state index contributed by atoms with van der Waals surface area (Å²) in [6, 6.07) is 5.76. The molecule has 0 saturated heterocycles. The zero-order valence-electron chi connectivity index (χ0n) is 8.78. The highest BCUT2D eigenvalue weighted by Gasteiger charge is 2.29. The molecule has 0 atom stereocenters. The van der Waals surface area contributed by atoms with Gasteiger partial charge >= 0.3 is 0 Å². The second-order valence-electron chi connectivity index (χ2n) is 4.10. The van der Waals surface area contributed by atoms with Crippen LogP contribution in [0, 0.1) is 4.77 Å². The Labute approximate surface area is 117 Å². The fourth-order valence-corrected chi connectivity index (χ4v) is 2.53. The Morgan fingerprint density at radius 2 is 2.24 bits per heavy atom. The summed E-state index contributed by atoms with van der Waals surface area (Å²) < 4.78 is 3.47. The van der Waals surface area contributed by atoms with Gasteiger partial charge in [0.25, 0.3) is 0 Å². The zero-order valence-corrected chi connectivity index (χ0v) is 11.9. The van der Waals surface area contributed by atoms with Gasteiger partial charge in [0.2, 0.25) is 0 Å². The fraction of sp³-hybridized carbons (Fsp3) is 0.273. The molecule has 0 radical (unpaired) electrons. The third-order valence-corrected chi connectivity index (χ3v) is 4.29. The number of benzene rings is 1. The third-order valence-electron chi connectivity index (χ3n) is 2.80. The summed E-state index contributed by atoms with van der Waals surface area (Å²) in [5, 5.41) is 7.85. The van der Waals surface area contributed by atoms with Crippen LogP contribution in [0.25, 0.3) is 5.69 Å². The lowest BCUT2D eigenvalue weighted by atomic mass is 10.3. The van der Waals surface area contributed by atoms with E-state index in [1.807, 2.05) is 22.8 Å². The van der Waals surface area contributed by atoms with E-state index in [0.29, 0.717) is 15.7 Å². The van der Waals surface area contributed by atoms with Gasteiger partial charge in [-0.05, 0) is 59.2 Å². The van der Waals surface area contributed by atoms with Crippen molar-refractivity contribution in [3.63, 3.8) is 0 Å². The van der Waals surface area contributed by atoms with Crippen LogP contribution in [0.1, 0.15) is 24.6 Å². The van der Waals surface area contributed by atoms with E-state index in [2.05, 4.69) is 26.1 Å². The molecule has 0 aliphatic heterocycles. The average Bonchev–Trinajstić information content (AvgIpc) is 3.07. The molecule has 1 N–H and O–H groups in total. The van der Waals surface area contributed by atoms with Crippen molar-refractivity contribution in [2.45, 2.75) is 18.8 Å². The number of aromatic amines is 1. The summed E-state index contributed by atoms with van der Waals surface area (Å²) in [6.45, 7) is 0. The zero-order chi connectivity index (χ0) is 12.0. The molecular formula is C11H9BrClN3S. The summed E-state index contributed by atoms with van der Waals surface area (Å²) in [5.74, 6) is 1.56. The van der Waals surface area contributed by atoms with Gasteiger partial charge in [0, 0.05) is 10.4 Å². The number of hydrogen-bond acceptors (Lipinski definition) is 2. The van der Waals surface area contributed by atoms with Gasteiger partial charge in [-0.15, -0.1) is 0 Å². The highest BCUT2D eigenvalue weighted by atomic mass is 79.9. The van der Waals surface area contributed by atoms with Gasteiger partial charge in [-0.25, -0.2) is 0 Å². The first-order valence-corrected chi connectivity index (χ1v) is 6.87. The van der Waals surface area contributed by atoms with Crippen molar-refractivity contribution in [3.05, 3.63) is 38.3 Å². The van der Waals surface area contributed by atoms with Gasteiger partial charge in [0.1, 0.15) is 5.82 Å². The molecule has 1 saturated carbocycles.